The summed E-state index contributed by atoms with van der Waals surface area (Å²) in [4.78, 5) is 0. The van der Waals surface area contributed by atoms with Crippen molar-refractivity contribution in [1.82, 2.24) is 0 Å². The molecule has 4 aromatic carbocycles. The first-order chi connectivity index (χ1) is 14.2. The minimum atomic E-state index is -1.49. The van der Waals surface area contributed by atoms with Crippen LogP contribution in [-0.2, 0) is 0 Å². The van der Waals surface area contributed by atoms with Crippen LogP contribution < -0.4 is 14.7 Å². The molecule has 0 radical (unpaired) electrons. The first-order valence-corrected chi connectivity index (χ1v) is 13.4. The van der Waals surface area contributed by atoms with Gasteiger partial charge in [0.1, 0.15) is 11.5 Å². The van der Waals surface area contributed by atoms with Crippen LogP contribution in [0.4, 0.5) is 0 Å². The van der Waals surface area contributed by atoms with Crippen molar-refractivity contribution in [3.63, 3.8) is 0 Å². The summed E-state index contributed by atoms with van der Waals surface area (Å²) in [6.45, 7) is 6.93. The Hall–Kier alpha value is -3.18. The van der Waals surface area contributed by atoms with Gasteiger partial charge in [0, 0.05) is 11.1 Å². The molecule has 0 aliphatic heterocycles. The van der Waals surface area contributed by atoms with Crippen LogP contribution in [0, 0.1) is 0 Å². The molecule has 0 atom stereocenters. The Balaban J connectivity index is 2.11. The maximum Gasteiger partial charge on any atom is 0.166 e. The van der Waals surface area contributed by atoms with E-state index in [-0.39, 0.29) is 11.5 Å². The van der Waals surface area contributed by atoms with Crippen LogP contribution in [0.5, 0.6) is 23.0 Å². The lowest BCUT2D eigenvalue weighted by Crippen LogP contribution is -2.37. The molecule has 4 rings (SSSR count). The van der Waals surface area contributed by atoms with E-state index in [0.29, 0.717) is 22.6 Å². The van der Waals surface area contributed by atoms with Crippen LogP contribution in [0.25, 0.3) is 32.7 Å². The third kappa shape index (κ3) is 3.25. The van der Waals surface area contributed by atoms with Gasteiger partial charge in [-0.25, -0.2) is 0 Å². The summed E-state index contributed by atoms with van der Waals surface area (Å²) in [5.41, 5.74) is 1.15. The maximum atomic E-state index is 11.1. The summed E-state index contributed by atoms with van der Waals surface area (Å²) < 4.78 is 10.8. The second-order valence-electron chi connectivity index (χ2n) is 8.54. The molecule has 0 saturated heterocycles. The molecule has 0 amide bonds. The van der Waals surface area contributed by atoms with Gasteiger partial charge in [-0.1, -0.05) is 49.1 Å². The largest absolute Gasteiger partial charge is 0.507 e. The molecule has 0 heterocycles. The lowest BCUT2D eigenvalue weighted by atomic mass is 9.92. The van der Waals surface area contributed by atoms with Gasteiger partial charge in [0.2, 0.25) is 0 Å². The summed E-state index contributed by atoms with van der Waals surface area (Å²) in [6, 6.07) is 17.4. The Morgan fingerprint density at radius 3 is 2.07 bits per heavy atom. The molecule has 154 valence electrons. The van der Waals surface area contributed by atoms with Crippen molar-refractivity contribution in [2.24, 2.45) is 0 Å². The summed E-state index contributed by atoms with van der Waals surface area (Å²) in [6.07, 6.45) is 0. The second kappa shape index (κ2) is 7.25. The number of phenols is 2. The zero-order valence-corrected chi connectivity index (χ0v) is 18.9. The van der Waals surface area contributed by atoms with E-state index in [1.54, 1.807) is 19.2 Å². The highest BCUT2D eigenvalue weighted by Crippen LogP contribution is 2.48. The minimum absolute atomic E-state index is 0.00670. The number of methoxy groups -OCH3 is 2. The molecule has 2 N–H and O–H groups in total. The van der Waals surface area contributed by atoms with E-state index in [9.17, 15) is 10.2 Å². The van der Waals surface area contributed by atoms with Crippen molar-refractivity contribution in [1.29, 1.82) is 0 Å². The first-order valence-electron chi connectivity index (χ1n) is 9.89. The molecule has 4 nitrogen and oxygen atoms in total. The number of ether oxygens (including phenoxy) is 2. The number of benzene rings is 4. The predicted molar refractivity (Wildman–Crippen MR) is 126 cm³/mol. The van der Waals surface area contributed by atoms with E-state index in [4.69, 9.17) is 9.47 Å². The van der Waals surface area contributed by atoms with Gasteiger partial charge < -0.3 is 19.7 Å². The van der Waals surface area contributed by atoms with Crippen molar-refractivity contribution in [3.05, 3.63) is 54.6 Å². The molecule has 30 heavy (non-hydrogen) atoms. The smallest absolute Gasteiger partial charge is 0.166 e. The van der Waals surface area contributed by atoms with E-state index >= 15 is 0 Å². The summed E-state index contributed by atoms with van der Waals surface area (Å²) >= 11 is 0. The van der Waals surface area contributed by atoms with Crippen LogP contribution in [0.3, 0.4) is 0 Å². The molecular weight excluding hydrogens is 392 g/mol. The Kier molecular flexibility index (Phi) is 4.86. The number of aromatic hydroxyl groups is 2. The fourth-order valence-corrected chi connectivity index (χ4v) is 5.10. The van der Waals surface area contributed by atoms with Crippen LogP contribution in [0.2, 0.25) is 19.6 Å². The van der Waals surface area contributed by atoms with Gasteiger partial charge >= 0.3 is 0 Å². The Labute approximate surface area is 177 Å². The van der Waals surface area contributed by atoms with Crippen LogP contribution in [0.1, 0.15) is 0 Å². The quantitative estimate of drug-likeness (QED) is 0.422. The van der Waals surface area contributed by atoms with Crippen molar-refractivity contribution >= 4 is 34.8 Å². The van der Waals surface area contributed by atoms with Crippen LogP contribution >= 0.6 is 0 Å². The highest BCUT2D eigenvalue weighted by atomic mass is 28.3. The van der Waals surface area contributed by atoms with Gasteiger partial charge in [-0.05, 0) is 51.9 Å². The lowest BCUT2D eigenvalue weighted by Gasteiger charge is -2.20. The molecule has 0 fully saturated rings. The molecule has 0 aliphatic rings. The highest BCUT2D eigenvalue weighted by Gasteiger charge is 2.22. The molecule has 0 spiro atoms. The van der Waals surface area contributed by atoms with Crippen molar-refractivity contribution in [3.8, 4) is 34.1 Å². The topological polar surface area (TPSA) is 58.9 Å². The summed E-state index contributed by atoms with van der Waals surface area (Å²) in [7, 11) is 1.65. The standard InChI is InChI=1S/C25H26O4Si/c1-28-17-7-9-20-16(12-17)14-22(29-2)25(27)24(20)23-19-10-8-18(30(3,4)5)13-15(19)6-11-21(23)26/h6-14,26-27H,1-5H3. The fourth-order valence-electron chi connectivity index (χ4n) is 3.93. The van der Waals surface area contributed by atoms with Crippen LogP contribution in [0.15, 0.2) is 54.6 Å². The van der Waals surface area contributed by atoms with E-state index in [2.05, 4.69) is 31.8 Å². The fraction of sp³-hybridized carbons (Fsp3) is 0.200. The Morgan fingerprint density at radius 1 is 0.700 bits per heavy atom. The maximum absolute atomic E-state index is 11.1. The van der Waals surface area contributed by atoms with E-state index in [0.717, 1.165) is 21.5 Å². The number of phenolic OH excluding ortho intramolecular Hbond substituents is 2. The molecule has 5 heteroatoms. The monoisotopic (exact) mass is 418 g/mol. The van der Waals surface area contributed by atoms with Crippen LogP contribution in [-0.4, -0.2) is 32.5 Å². The number of fused-ring (bicyclic) bond motifs is 2. The van der Waals surface area contributed by atoms with Gasteiger partial charge in [-0.15, -0.1) is 0 Å². The molecule has 4 aromatic rings. The first kappa shape index (κ1) is 20.1. The number of hydrogen-bond acceptors (Lipinski definition) is 4. The van der Waals surface area contributed by atoms with Gasteiger partial charge in [0.15, 0.2) is 11.5 Å². The third-order valence-corrected chi connectivity index (χ3v) is 7.66. The normalized spacial score (nSPS) is 11.8. The van der Waals surface area contributed by atoms with Gasteiger partial charge in [-0.2, -0.15) is 0 Å². The highest BCUT2D eigenvalue weighted by molar-refractivity contribution is 6.88. The zero-order valence-electron chi connectivity index (χ0n) is 17.9. The average Bonchev–Trinajstić information content (AvgIpc) is 2.72. The Bertz CT molecular complexity index is 1270. The molecule has 0 saturated carbocycles. The molecular formula is C25H26O4Si. The van der Waals surface area contributed by atoms with E-state index in [1.165, 1.54) is 12.3 Å². The Morgan fingerprint density at radius 2 is 1.40 bits per heavy atom. The minimum Gasteiger partial charge on any atom is -0.507 e. The van der Waals surface area contributed by atoms with Crippen molar-refractivity contribution < 1.29 is 19.7 Å². The molecule has 0 aromatic heterocycles. The SMILES string of the molecule is COc1ccc2c(-c3c(O)ccc4cc([Si](C)(C)C)ccc34)c(O)c(OC)cc2c1. The average molecular weight is 419 g/mol. The lowest BCUT2D eigenvalue weighted by molar-refractivity contribution is 0.375. The number of hydrogen-bond donors (Lipinski definition) is 2. The summed E-state index contributed by atoms with van der Waals surface area (Å²) in [5.74, 6) is 1.18. The van der Waals surface area contributed by atoms with E-state index in [1.807, 2.05) is 30.3 Å². The van der Waals surface area contributed by atoms with Crippen molar-refractivity contribution in [2.75, 3.05) is 14.2 Å². The molecule has 0 unspecified atom stereocenters. The van der Waals surface area contributed by atoms with Gasteiger partial charge in [0.05, 0.1) is 22.3 Å². The number of rotatable bonds is 4. The van der Waals surface area contributed by atoms with Crippen molar-refractivity contribution in [2.45, 2.75) is 19.6 Å². The zero-order chi connectivity index (χ0) is 21.6. The van der Waals surface area contributed by atoms with Gasteiger partial charge in [0.25, 0.3) is 0 Å². The second-order valence-corrected chi connectivity index (χ2v) is 13.6. The predicted octanol–water partition coefficient (Wildman–Crippen LogP) is 5.63. The third-order valence-electron chi connectivity index (χ3n) is 5.62. The summed E-state index contributed by atoms with van der Waals surface area (Å²) in [5, 5.41) is 26.9. The molecule has 0 bridgehead atoms. The van der Waals surface area contributed by atoms with E-state index < -0.39 is 8.07 Å². The van der Waals surface area contributed by atoms with Gasteiger partial charge in [-0.3, -0.25) is 0 Å². The molecule has 0 aliphatic carbocycles.